The molecular weight excluding hydrogens is 274 g/mol. The van der Waals surface area contributed by atoms with Gasteiger partial charge in [-0.2, -0.15) is 4.73 Å². The minimum absolute atomic E-state index is 0.585. The van der Waals surface area contributed by atoms with Crippen LogP contribution in [-0.4, -0.2) is 19.9 Å². The Morgan fingerprint density at radius 3 is 2.73 bits per heavy atom. The van der Waals surface area contributed by atoms with E-state index in [1.807, 2.05) is 12.1 Å². The van der Waals surface area contributed by atoms with Crippen molar-refractivity contribution in [3.05, 3.63) is 59.5 Å². The molecule has 22 heavy (non-hydrogen) atoms. The van der Waals surface area contributed by atoms with Gasteiger partial charge in [0.1, 0.15) is 5.69 Å². The van der Waals surface area contributed by atoms with E-state index < -0.39 is 0 Å². The van der Waals surface area contributed by atoms with Crippen molar-refractivity contribution in [2.75, 3.05) is 0 Å². The van der Waals surface area contributed by atoms with Crippen molar-refractivity contribution in [2.45, 2.75) is 26.2 Å². The summed E-state index contributed by atoms with van der Waals surface area (Å²) in [6.45, 7) is 2.08. The summed E-state index contributed by atoms with van der Waals surface area (Å²) in [7, 11) is 0. The Bertz CT molecular complexity index is 837. The third-order valence-corrected chi connectivity index (χ3v) is 4.25. The summed E-state index contributed by atoms with van der Waals surface area (Å²) in [6, 6.07) is 10.2. The fourth-order valence-electron chi connectivity index (χ4n) is 3.16. The van der Waals surface area contributed by atoms with E-state index in [4.69, 9.17) is 4.98 Å². The first-order chi connectivity index (χ1) is 10.7. The zero-order valence-electron chi connectivity index (χ0n) is 12.5. The molecule has 0 unspecified atom stereocenters. The summed E-state index contributed by atoms with van der Waals surface area (Å²) >= 11 is 0. The van der Waals surface area contributed by atoms with Crippen LogP contribution < -0.4 is 0 Å². The summed E-state index contributed by atoms with van der Waals surface area (Å²) in [4.78, 5) is 8.72. The Labute approximate surface area is 129 Å². The molecule has 110 valence electrons. The van der Waals surface area contributed by atoms with E-state index in [2.05, 4.69) is 30.1 Å². The Balaban J connectivity index is 1.96. The van der Waals surface area contributed by atoms with Crippen LogP contribution in [0.1, 0.15) is 23.2 Å². The van der Waals surface area contributed by atoms with Crippen LogP contribution in [0.15, 0.2) is 42.7 Å². The zero-order chi connectivity index (χ0) is 15.1. The topological polar surface area (TPSA) is 50.9 Å². The molecule has 2 aromatic heterocycles. The highest BCUT2D eigenvalue weighted by molar-refractivity contribution is 5.72. The summed E-state index contributed by atoms with van der Waals surface area (Å²) < 4.78 is 1.24. The van der Waals surface area contributed by atoms with Gasteiger partial charge in [-0.15, -0.1) is 0 Å². The van der Waals surface area contributed by atoms with Gasteiger partial charge in [-0.1, -0.05) is 17.7 Å². The van der Waals surface area contributed by atoms with Crippen molar-refractivity contribution in [3.63, 3.8) is 0 Å². The number of hydrogen-bond acceptors (Lipinski definition) is 3. The SMILES string of the molecule is Cc1ccc2c(c1)-c1c(nc(-c3ccncc3)n1O)CCC2. The van der Waals surface area contributed by atoms with Gasteiger partial charge in [0.15, 0.2) is 5.82 Å². The van der Waals surface area contributed by atoms with Crippen molar-refractivity contribution in [3.8, 4) is 22.6 Å². The fraction of sp³-hybridized carbons (Fsp3) is 0.222. The molecule has 0 saturated heterocycles. The predicted octanol–water partition coefficient (Wildman–Crippen LogP) is 3.65. The van der Waals surface area contributed by atoms with E-state index in [-0.39, 0.29) is 0 Å². The van der Waals surface area contributed by atoms with Crippen LogP contribution in [0.2, 0.25) is 0 Å². The minimum atomic E-state index is 0.585. The molecule has 0 radical (unpaired) electrons. The molecule has 0 saturated carbocycles. The summed E-state index contributed by atoms with van der Waals surface area (Å²) in [5.74, 6) is 0.585. The maximum Gasteiger partial charge on any atom is 0.176 e. The molecule has 1 aliphatic rings. The van der Waals surface area contributed by atoms with Gasteiger partial charge in [0.25, 0.3) is 0 Å². The largest absolute Gasteiger partial charge is 0.426 e. The average Bonchev–Trinajstić information content (AvgIpc) is 2.75. The molecule has 0 atom stereocenters. The molecule has 0 spiro atoms. The zero-order valence-corrected chi connectivity index (χ0v) is 12.5. The maximum absolute atomic E-state index is 10.7. The lowest BCUT2D eigenvalue weighted by molar-refractivity contribution is 0.195. The molecule has 1 aliphatic carbocycles. The molecule has 2 heterocycles. The third-order valence-electron chi connectivity index (χ3n) is 4.25. The highest BCUT2D eigenvalue weighted by Gasteiger charge is 2.23. The van der Waals surface area contributed by atoms with Crippen molar-refractivity contribution < 1.29 is 5.21 Å². The first-order valence-electron chi connectivity index (χ1n) is 7.55. The number of nitrogens with zero attached hydrogens (tertiary/aromatic N) is 3. The molecule has 4 rings (SSSR count). The van der Waals surface area contributed by atoms with Crippen LogP contribution in [0, 0.1) is 6.92 Å². The molecular formula is C18H17N3O. The standard InChI is InChI=1S/C18H17N3O/c1-12-5-6-13-3-2-4-16-17(15(13)11-12)21(22)18(20-16)14-7-9-19-10-8-14/h5-11,22H,2-4H2,1H3. The monoisotopic (exact) mass is 291 g/mol. The van der Waals surface area contributed by atoms with E-state index in [1.54, 1.807) is 12.4 Å². The molecule has 0 amide bonds. The van der Waals surface area contributed by atoms with Crippen LogP contribution in [0.3, 0.4) is 0 Å². The average molecular weight is 291 g/mol. The molecule has 0 bridgehead atoms. The van der Waals surface area contributed by atoms with E-state index in [1.165, 1.54) is 15.9 Å². The van der Waals surface area contributed by atoms with E-state index in [9.17, 15) is 5.21 Å². The van der Waals surface area contributed by atoms with Crippen molar-refractivity contribution in [2.24, 2.45) is 0 Å². The highest BCUT2D eigenvalue weighted by atomic mass is 16.5. The Morgan fingerprint density at radius 1 is 1.09 bits per heavy atom. The van der Waals surface area contributed by atoms with Gasteiger partial charge in [-0.05, 0) is 49.9 Å². The lowest BCUT2D eigenvalue weighted by atomic mass is 10.0. The number of hydrogen-bond donors (Lipinski definition) is 1. The van der Waals surface area contributed by atoms with E-state index in [0.717, 1.165) is 41.8 Å². The van der Waals surface area contributed by atoms with Gasteiger partial charge in [-0.3, -0.25) is 4.98 Å². The Hall–Kier alpha value is -2.62. The van der Waals surface area contributed by atoms with Crippen molar-refractivity contribution in [1.29, 1.82) is 0 Å². The lowest BCUT2D eigenvalue weighted by Crippen LogP contribution is -1.99. The molecule has 0 fully saturated rings. The van der Waals surface area contributed by atoms with Gasteiger partial charge in [0, 0.05) is 23.5 Å². The Kier molecular flexibility index (Phi) is 2.96. The second-order valence-electron chi connectivity index (χ2n) is 5.79. The van der Waals surface area contributed by atoms with Crippen LogP contribution in [0.4, 0.5) is 0 Å². The predicted molar refractivity (Wildman–Crippen MR) is 84.8 cm³/mol. The number of benzene rings is 1. The minimum Gasteiger partial charge on any atom is -0.426 e. The third kappa shape index (κ3) is 1.99. The first-order valence-corrected chi connectivity index (χ1v) is 7.55. The van der Waals surface area contributed by atoms with Crippen LogP contribution in [0.5, 0.6) is 0 Å². The van der Waals surface area contributed by atoms with E-state index in [0.29, 0.717) is 5.82 Å². The number of rotatable bonds is 1. The van der Waals surface area contributed by atoms with Gasteiger partial charge in [-0.25, -0.2) is 4.98 Å². The molecule has 1 N–H and O–H groups in total. The molecule has 0 aliphatic heterocycles. The number of aromatic nitrogens is 3. The van der Waals surface area contributed by atoms with Gasteiger partial charge in [0.2, 0.25) is 0 Å². The fourth-order valence-corrected chi connectivity index (χ4v) is 3.16. The number of imidazole rings is 1. The smallest absolute Gasteiger partial charge is 0.176 e. The second-order valence-corrected chi connectivity index (χ2v) is 5.79. The second kappa shape index (κ2) is 4.98. The molecule has 4 heteroatoms. The first kappa shape index (κ1) is 13.1. The summed E-state index contributed by atoms with van der Waals surface area (Å²) in [5.41, 5.74) is 6.25. The quantitative estimate of drug-likeness (QED) is 0.696. The van der Waals surface area contributed by atoms with Crippen molar-refractivity contribution in [1.82, 2.24) is 14.7 Å². The van der Waals surface area contributed by atoms with E-state index >= 15 is 0 Å². The number of fused-ring (bicyclic) bond motifs is 3. The normalized spacial score (nSPS) is 13.3. The Morgan fingerprint density at radius 2 is 1.91 bits per heavy atom. The highest BCUT2D eigenvalue weighted by Crippen LogP contribution is 2.35. The molecule has 1 aromatic carbocycles. The van der Waals surface area contributed by atoms with Crippen LogP contribution in [0.25, 0.3) is 22.6 Å². The summed E-state index contributed by atoms with van der Waals surface area (Å²) in [6.07, 6.45) is 6.39. The van der Waals surface area contributed by atoms with Crippen molar-refractivity contribution >= 4 is 0 Å². The summed E-state index contributed by atoms with van der Waals surface area (Å²) in [5, 5.41) is 10.7. The molecule has 4 nitrogen and oxygen atoms in total. The number of pyridine rings is 1. The maximum atomic E-state index is 10.7. The van der Waals surface area contributed by atoms with Gasteiger partial charge >= 0.3 is 0 Å². The lowest BCUT2D eigenvalue weighted by Gasteiger charge is -2.09. The van der Waals surface area contributed by atoms with Gasteiger partial charge in [0.05, 0.1) is 5.69 Å². The number of aryl methyl sites for hydroxylation is 3. The van der Waals surface area contributed by atoms with Crippen LogP contribution >= 0.6 is 0 Å². The van der Waals surface area contributed by atoms with Crippen LogP contribution in [-0.2, 0) is 12.8 Å². The van der Waals surface area contributed by atoms with Gasteiger partial charge < -0.3 is 5.21 Å². The molecule has 3 aromatic rings.